The molecule has 0 aliphatic carbocycles. The molecule has 0 radical (unpaired) electrons. The van der Waals surface area contributed by atoms with Crippen molar-refractivity contribution in [1.29, 1.82) is 0 Å². The molecule has 0 amide bonds. The summed E-state index contributed by atoms with van der Waals surface area (Å²) in [6.07, 6.45) is 0. The molecule has 0 aromatic heterocycles. The van der Waals surface area contributed by atoms with E-state index in [9.17, 15) is 18.5 Å². The number of methoxy groups -OCH3 is 3. The van der Waals surface area contributed by atoms with Crippen LogP contribution in [0.2, 0.25) is 0 Å². The molecule has 0 saturated heterocycles. The fourth-order valence-corrected chi connectivity index (χ4v) is 3.16. The fourth-order valence-electron chi connectivity index (χ4n) is 2.08. The van der Waals surface area contributed by atoms with Crippen molar-refractivity contribution in [2.45, 2.75) is 4.90 Å². The predicted molar refractivity (Wildman–Crippen MR) is 90.0 cm³/mol. The Morgan fingerprint density at radius 1 is 0.960 bits per heavy atom. The minimum atomic E-state index is -4.10. The zero-order valence-corrected chi connectivity index (χ0v) is 14.5. The summed E-state index contributed by atoms with van der Waals surface area (Å²) in [5, 5.41) is 11.1. The molecule has 0 atom stereocenters. The van der Waals surface area contributed by atoms with Crippen LogP contribution in [-0.4, -0.2) is 34.7 Å². The van der Waals surface area contributed by atoms with E-state index in [2.05, 4.69) is 4.72 Å². The Kier molecular flexibility index (Phi) is 5.32. The first-order chi connectivity index (χ1) is 11.8. The minimum absolute atomic E-state index is 0.0390. The van der Waals surface area contributed by atoms with E-state index < -0.39 is 20.6 Å². The summed E-state index contributed by atoms with van der Waals surface area (Å²) in [5.74, 6) is 0.648. The zero-order valence-electron chi connectivity index (χ0n) is 13.7. The Labute approximate surface area is 144 Å². The lowest BCUT2D eigenvalue weighted by atomic mass is 10.3. The van der Waals surface area contributed by atoms with Crippen LogP contribution in [0.5, 0.6) is 17.2 Å². The zero-order chi connectivity index (χ0) is 18.6. The lowest BCUT2D eigenvalue weighted by Crippen LogP contribution is -2.14. The Balaban J connectivity index is 2.47. The molecule has 25 heavy (non-hydrogen) atoms. The van der Waals surface area contributed by atoms with Gasteiger partial charge in [-0.1, -0.05) is 0 Å². The van der Waals surface area contributed by atoms with Crippen molar-refractivity contribution in [2.75, 3.05) is 26.1 Å². The number of anilines is 1. The second-order valence-corrected chi connectivity index (χ2v) is 6.44. The highest BCUT2D eigenvalue weighted by molar-refractivity contribution is 7.92. The number of rotatable bonds is 7. The standard InChI is InChI=1S/C15H16N2O7S/c1-22-10-4-6-14(23-2)12(8-10)16-25(20,21)11-5-7-15(24-3)13(9-11)17(18)19/h4-9,16H,1-3H3. The van der Waals surface area contributed by atoms with Gasteiger partial charge in [-0.05, 0) is 24.3 Å². The summed E-state index contributed by atoms with van der Waals surface area (Å²) in [5.41, 5.74) is -0.316. The van der Waals surface area contributed by atoms with Crippen molar-refractivity contribution < 1.29 is 27.6 Å². The Morgan fingerprint density at radius 3 is 2.16 bits per heavy atom. The molecule has 2 rings (SSSR count). The maximum absolute atomic E-state index is 12.6. The lowest BCUT2D eigenvalue weighted by molar-refractivity contribution is -0.386. The third-order valence-electron chi connectivity index (χ3n) is 3.31. The van der Waals surface area contributed by atoms with E-state index in [1.807, 2.05) is 0 Å². The molecule has 0 spiro atoms. The van der Waals surface area contributed by atoms with Gasteiger partial charge < -0.3 is 14.2 Å². The molecule has 0 aliphatic heterocycles. The number of ether oxygens (including phenoxy) is 3. The molecule has 9 nitrogen and oxygen atoms in total. The quantitative estimate of drug-likeness (QED) is 0.589. The predicted octanol–water partition coefficient (Wildman–Crippen LogP) is 2.42. The average Bonchev–Trinajstić information content (AvgIpc) is 2.60. The molecular formula is C15H16N2O7S. The van der Waals surface area contributed by atoms with Crippen LogP contribution in [0.3, 0.4) is 0 Å². The average molecular weight is 368 g/mol. The monoisotopic (exact) mass is 368 g/mol. The van der Waals surface area contributed by atoms with Crippen molar-refractivity contribution >= 4 is 21.4 Å². The second-order valence-electron chi connectivity index (χ2n) is 4.76. The van der Waals surface area contributed by atoms with Crippen LogP contribution in [0.15, 0.2) is 41.3 Å². The minimum Gasteiger partial charge on any atom is -0.497 e. The van der Waals surface area contributed by atoms with Crippen molar-refractivity contribution in [3.63, 3.8) is 0 Å². The highest BCUT2D eigenvalue weighted by atomic mass is 32.2. The van der Waals surface area contributed by atoms with Gasteiger partial charge in [-0.25, -0.2) is 8.42 Å². The van der Waals surface area contributed by atoms with Crippen LogP contribution in [0, 0.1) is 10.1 Å². The van der Waals surface area contributed by atoms with Gasteiger partial charge in [0.25, 0.3) is 10.0 Å². The van der Waals surface area contributed by atoms with Crippen LogP contribution in [0.4, 0.5) is 11.4 Å². The summed E-state index contributed by atoms with van der Waals surface area (Å²) >= 11 is 0. The van der Waals surface area contributed by atoms with Crippen molar-refractivity contribution in [2.24, 2.45) is 0 Å². The van der Waals surface area contributed by atoms with Crippen molar-refractivity contribution in [1.82, 2.24) is 0 Å². The normalized spacial score (nSPS) is 10.8. The van der Waals surface area contributed by atoms with E-state index in [1.54, 1.807) is 6.07 Å². The molecule has 0 aliphatic rings. The Hall–Kier alpha value is -3.01. The number of benzene rings is 2. The van der Waals surface area contributed by atoms with E-state index in [4.69, 9.17) is 14.2 Å². The molecule has 10 heteroatoms. The van der Waals surface area contributed by atoms with Crippen LogP contribution in [0.25, 0.3) is 0 Å². The molecule has 2 aromatic rings. The van der Waals surface area contributed by atoms with Crippen LogP contribution in [-0.2, 0) is 10.0 Å². The maximum atomic E-state index is 12.6. The summed E-state index contributed by atoms with van der Waals surface area (Å²) in [4.78, 5) is 10.1. The summed E-state index contributed by atoms with van der Waals surface area (Å²) in [7, 11) is -0.0135. The first kappa shape index (κ1) is 18.3. The molecule has 0 fully saturated rings. The van der Waals surface area contributed by atoms with Gasteiger partial charge in [0.2, 0.25) is 0 Å². The van der Waals surface area contributed by atoms with Crippen molar-refractivity contribution in [3.8, 4) is 17.2 Å². The number of sulfonamides is 1. The largest absolute Gasteiger partial charge is 0.497 e. The van der Waals surface area contributed by atoms with Gasteiger partial charge in [0, 0.05) is 12.1 Å². The molecule has 134 valence electrons. The van der Waals surface area contributed by atoms with Gasteiger partial charge in [-0.2, -0.15) is 0 Å². The summed E-state index contributed by atoms with van der Waals surface area (Å²) in [6.45, 7) is 0. The summed E-state index contributed by atoms with van der Waals surface area (Å²) < 4.78 is 42.5. The van der Waals surface area contributed by atoms with Gasteiger partial charge >= 0.3 is 5.69 Å². The smallest absolute Gasteiger partial charge is 0.312 e. The topological polar surface area (TPSA) is 117 Å². The first-order valence-corrected chi connectivity index (χ1v) is 8.38. The van der Waals surface area contributed by atoms with Crippen LogP contribution >= 0.6 is 0 Å². The molecular weight excluding hydrogens is 352 g/mol. The maximum Gasteiger partial charge on any atom is 0.312 e. The Bertz CT molecular complexity index is 897. The molecule has 0 heterocycles. The van der Waals surface area contributed by atoms with E-state index >= 15 is 0 Å². The highest BCUT2D eigenvalue weighted by Gasteiger charge is 2.23. The van der Waals surface area contributed by atoms with E-state index in [1.165, 1.54) is 45.6 Å². The Morgan fingerprint density at radius 2 is 1.60 bits per heavy atom. The molecule has 0 unspecified atom stereocenters. The van der Waals surface area contributed by atoms with Crippen LogP contribution < -0.4 is 18.9 Å². The second kappa shape index (κ2) is 7.26. The SMILES string of the molecule is COc1ccc(OC)c(NS(=O)(=O)c2ccc(OC)c([N+](=O)[O-])c2)c1. The summed E-state index contributed by atoms with van der Waals surface area (Å²) in [6, 6.07) is 7.93. The molecule has 0 bridgehead atoms. The van der Waals surface area contributed by atoms with E-state index in [-0.39, 0.29) is 22.1 Å². The lowest BCUT2D eigenvalue weighted by Gasteiger charge is -2.13. The van der Waals surface area contributed by atoms with Gasteiger partial charge in [-0.15, -0.1) is 0 Å². The first-order valence-electron chi connectivity index (χ1n) is 6.89. The van der Waals surface area contributed by atoms with E-state index in [0.29, 0.717) is 5.75 Å². The van der Waals surface area contributed by atoms with Crippen LogP contribution in [0.1, 0.15) is 0 Å². The number of hydrogen-bond donors (Lipinski definition) is 1. The number of nitrogens with one attached hydrogen (secondary N) is 1. The van der Waals surface area contributed by atoms with E-state index in [0.717, 1.165) is 6.07 Å². The fraction of sp³-hybridized carbons (Fsp3) is 0.200. The van der Waals surface area contributed by atoms with Gasteiger partial charge in [0.05, 0.1) is 36.8 Å². The van der Waals surface area contributed by atoms with Gasteiger partial charge in [-0.3, -0.25) is 14.8 Å². The number of nitrogens with zero attached hydrogens (tertiary/aromatic N) is 1. The number of nitro benzene ring substituents is 1. The third kappa shape index (κ3) is 3.91. The molecule has 1 N–H and O–H groups in total. The molecule has 0 saturated carbocycles. The number of hydrogen-bond acceptors (Lipinski definition) is 7. The van der Waals surface area contributed by atoms with Crippen molar-refractivity contribution in [3.05, 3.63) is 46.5 Å². The van der Waals surface area contributed by atoms with Gasteiger partial charge in [0.15, 0.2) is 5.75 Å². The molecule has 2 aromatic carbocycles. The highest BCUT2D eigenvalue weighted by Crippen LogP contribution is 2.33. The third-order valence-corrected chi connectivity index (χ3v) is 4.67. The number of nitro groups is 1. The van der Waals surface area contributed by atoms with Gasteiger partial charge in [0.1, 0.15) is 11.5 Å².